The second kappa shape index (κ2) is 3.64. The summed E-state index contributed by atoms with van der Waals surface area (Å²) in [6.07, 6.45) is 0. The number of ether oxygens (including phenoxy) is 1. The summed E-state index contributed by atoms with van der Waals surface area (Å²) in [4.78, 5) is 13.7. The first-order valence-corrected chi connectivity index (χ1v) is 4.81. The number of nitrogens with one attached hydrogen (secondary N) is 1. The maximum atomic E-state index is 11.7. The highest BCUT2D eigenvalue weighted by atomic mass is 16.5. The Bertz CT molecular complexity index is 208. The number of rotatable bonds is 3. The average molecular weight is 184 g/mol. The van der Waals surface area contributed by atoms with Crippen LogP contribution in [-0.2, 0) is 9.53 Å². The van der Waals surface area contributed by atoms with Crippen LogP contribution < -0.4 is 5.32 Å². The van der Waals surface area contributed by atoms with Crippen molar-refractivity contribution in [2.24, 2.45) is 11.8 Å². The lowest BCUT2D eigenvalue weighted by atomic mass is 10.0. The van der Waals surface area contributed by atoms with Gasteiger partial charge in [0.25, 0.3) is 0 Å². The summed E-state index contributed by atoms with van der Waals surface area (Å²) in [6.45, 7) is 4.19. The van der Waals surface area contributed by atoms with Gasteiger partial charge in [-0.15, -0.1) is 0 Å². The molecule has 0 spiro atoms. The van der Waals surface area contributed by atoms with Gasteiger partial charge in [-0.1, -0.05) is 0 Å². The maximum Gasteiger partial charge on any atom is 0.227 e. The molecule has 0 aromatic heterocycles. The number of hydrogen-bond acceptors (Lipinski definition) is 3. The van der Waals surface area contributed by atoms with Gasteiger partial charge in [0.05, 0.1) is 12.5 Å². The monoisotopic (exact) mass is 184 g/mol. The molecule has 2 rings (SSSR count). The number of methoxy groups -OCH3 is 1. The van der Waals surface area contributed by atoms with E-state index < -0.39 is 0 Å². The minimum Gasteiger partial charge on any atom is -0.383 e. The molecule has 0 radical (unpaired) electrons. The zero-order valence-electron chi connectivity index (χ0n) is 7.95. The number of likely N-dealkylation sites (tertiary alicyclic amines) is 1. The van der Waals surface area contributed by atoms with Crippen molar-refractivity contribution in [3.05, 3.63) is 0 Å². The van der Waals surface area contributed by atoms with E-state index in [9.17, 15) is 4.79 Å². The normalized spacial score (nSPS) is 32.7. The van der Waals surface area contributed by atoms with Crippen LogP contribution in [0.3, 0.4) is 0 Å². The molecule has 0 aromatic rings. The van der Waals surface area contributed by atoms with E-state index in [1.807, 2.05) is 4.90 Å². The summed E-state index contributed by atoms with van der Waals surface area (Å²) in [5, 5.41) is 3.25. The van der Waals surface area contributed by atoms with E-state index >= 15 is 0 Å². The van der Waals surface area contributed by atoms with Crippen LogP contribution in [0.5, 0.6) is 0 Å². The fraction of sp³-hybridized carbons (Fsp3) is 0.889. The van der Waals surface area contributed by atoms with Gasteiger partial charge in [0.1, 0.15) is 0 Å². The second-order valence-corrected chi connectivity index (χ2v) is 3.80. The molecule has 1 amide bonds. The lowest BCUT2D eigenvalue weighted by Crippen LogP contribution is -2.33. The van der Waals surface area contributed by atoms with Crippen molar-refractivity contribution < 1.29 is 9.53 Å². The summed E-state index contributed by atoms with van der Waals surface area (Å²) in [5.74, 6) is 1.10. The molecule has 2 aliphatic heterocycles. The Morgan fingerprint density at radius 2 is 2.46 bits per heavy atom. The Balaban J connectivity index is 1.91. The van der Waals surface area contributed by atoms with E-state index in [1.165, 1.54) is 0 Å². The maximum absolute atomic E-state index is 11.7. The molecular formula is C9H16N2O2. The van der Waals surface area contributed by atoms with Crippen molar-refractivity contribution in [2.75, 3.05) is 39.9 Å². The molecule has 2 saturated heterocycles. The first kappa shape index (κ1) is 8.97. The topological polar surface area (TPSA) is 41.6 Å². The Morgan fingerprint density at radius 3 is 3.15 bits per heavy atom. The Morgan fingerprint density at radius 1 is 1.62 bits per heavy atom. The third kappa shape index (κ3) is 1.56. The van der Waals surface area contributed by atoms with Gasteiger partial charge in [-0.25, -0.2) is 0 Å². The molecule has 0 bridgehead atoms. The SMILES string of the molecule is COCCN1C[C@@H]2CNC[C@@H]2C1=O. The molecule has 4 nitrogen and oxygen atoms in total. The lowest BCUT2D eigenvalue weighted by molar-refractivity contribution is -0.131. The van der Waals surface area contributed by atoms with E-state index in [0.717, 1.165) is 26.2 Å². The zero-order valence-corrected chi connectivity index (χ0v) is 7.95. The first-order chi connectivity index (χ1) is 6.33. The quantitative estimate of drug-likeness (QED) is 0.631. The molecule has 0 aromatic carbocycles. The average Bonchev–Trinajstić information content (AvgIpc) is 2.67. The molecule has 0 saturated carbocycles. The van der Waals surface area contributed by atoms with Crippen LogP contribution in [0.25, 0.3) is 0 Å². The van der Waals surface area contributed by atoms with Crippen LogP contribution in [0.4, 0.5) is 0 Å². The van der Waals surface area contributed by atoms with Crippen LogP contribution in [0.15, 0.2) is 0 Å². The van der Waals surface area contributed by atoms with Crippen LogP contribution in [0.2, 0.25) is 0 Å². The van der Waals surface area contributed by atoms with Crippen LogP contribution in [0.1, 0.15) is 0 Å². The highest BCUT2D eigenvalue weighted by molar-refractivity contribution is 5.82. The fourth-order valence-corrected chi connectivity index (χ4v) is 2.22. The Kier molecular flexibility index (Phi) is 2.51. The van der Waals surface area contributed by atoms with Crippen molar-refractivity contribution >= 4 is 5.91 Å². The van der Waals surface area contributed by atoms with E-state index in [-0.39, 0.29) is 5.92 Å². The smallest absolute Gasteiger partial charge is 0.227 e. The summed E-state index contributed by atoms with van der Waals surface area (Å²) in [7, 11) is 1.67. The molecule has 2 fully saturated rings. The van der Waals surface area contributed by atoms with Gasteiger partial charge >= 0.3 is 0 Å². The minimum absolute atomic E-state index is 0.247. The van der Waals surface area contributed by atoms with Gasteiger partial charge < -0.3 is 15.0 Å². The van der Waals surface area contributed by atoms with Crippen molar-refractivity contribution in [3.63, 3.8) is 0 Å². The Hall–Kier alpha value is -0.610. The van der Waals surface area contributed by atoms with Crippen molar-refractivity contribution in [1.29, 1.82) is 0 Å². The first-order valence-electron chi connectivity index (χ1n) is 4.81. The second-order valence-electron chi connectivity index (χ2n) is 3.80. The van der Waals surface area contributed by atoms with Gasteiger partial charge in [-0.3, -0.25) is 4.79 Å². The van der Waals surface area contributed by atoms with Gasteiger partial charge in [0.15, 0.2) is 0 Å². The van der Waals surface area contributed by atoms with Crippen molar-refractivity contribution in [1.82, 2.24) is 10.2 Å². The summed E-state index contributed by atoms with van der Waals surface area (Å²) in [6, 6.07) is 0. The third-order valence-corrected chi connectivity index (χ3v) is 2.99. The number of carbonyl (C=O) groups excluding carboxylic acids is 1. The summed E-state index contributed by atoms with van der Waals surface area (Å²) >= 11 is 0. The fourth-order valence-electron chi connectivity index (χ4n) is 2.22. The molecule has 74 valence electrons. The van der Waals surface area contributed by atoms with Crippen LogP contribution >= 0.6 is 0 Å². The van der Waals surface area contributed by atoms with E-state index in [2.05, 4.69) is 5.32 Å². The molecule has 0 aliphatic carbocycles. The van der Waals surface area contributed by atoms with Gasteiger partial charge in [-0.2, -0.15) is 0 Å². The largest absolute Gasteiger partial charge is 0.383 e. The molecule has 2 aliphatic rings. The third-order valence-electron chi connectivity index (χ3n) is 2.99. The van der Waals surface area contributed by atoms with Gasteiger partial charge in [0.2, 0.25) is 5.91 Å². The molecule has 2 atom stereocenters. The zero-order chi connectivity index (χ0) is 9.26. The molecule has 2 heterocycles. The number of nitrogens with zero attached hydrogens (tertiary/aromatic N) is 1. The van der Waals surface area contributed by atoms with Crippen LogP contribution in [0, 0.1) is 11.8 Å². The van der Waals surface area contributed by atoms with E-state index in [4.69, 9.17) is 4.74 Å². The van der Waals surface area contributed by atoms with Gasteiger partial charge in [0, 0.05) is 39.2 Å². The van der Waals surface area contributed by atoms with Crippen molar-refractivity contribution in [2.45, 2.75) is 0 Å². The number of carbonyl (C=O) groups is 1. The van der Waals surface area contributed by atoms with E-state index in [0.29, 0.717) is 18.4 Å². The summed E-state index contributed by atoms with van der Waals surface area (Å²) < 4.78 is 4.96. The summed E-state index contributed by atoms with van der Waals surface area (Å²) in [5.41, 5.74) is 0. The molecular weight excluding hydrogens is 168 g/mol. The van der Waals surface area contributed by atoms with E-state index in [1.54, 1.807) is 7.11 Å². The van der Waals surface area contributed by atoms with Crippen molar-refractivity contribution in [3.8, 4) is 0 Å². The number of fused-ring (bicyclic) bond motifs is 1. The van der Waals surface area contributed by atoms with Gasteiger partial charge in [-0.05, 0) is 0 Å². The molecule has 1 N–H and O–H groups in total. The van der Waals surface area contributed by atoms with Crippen LogP contribution in [-0.4, -0.2) is 50.7 Å². The highest BCUT2D eigenvalue weighted by Gasteiger charge is 2.42. The molecule has 0 unspecified atom stereocenters. The highest BCUT2D eigenvalue weighted by Crippen LogP contribution is 2.27. The number of hydrogen-bond donors (Lipinski definition) is 1. The lowest BCUT2D eigenvalue weighted by Gasteiger charge is -2.16. The Labute approximate surface area is 78.2 Å². The molecule has 13 heavy (non-hydrogen) atoms. The predicted molar refractivity (Wildman–Crippen MR) is 48.3 cm³/mol. The standard InChI is InChI=1S/C9H16N2O2/c1-13-3-2-11-6-7-4-10-5-8(7)9(11)12/h7-8,10H,2-6H2,1H3/t7-,8-/m0/s1. The number of amides is 1. The molecule has 4 heteroatoms. The minimum atomic E-state index is 0.247. The predicted octanol–water partition coefficient (Wildman–Crippen LogP) is -0.689.